The predicted molar refractivity (Wildman–Crippen MR) is 79.5 cm³/mol. The Labute approximate surface area is 115 Å². The van der Waals surface area contributed by atoms with Gasteiger partial charge in [0, 0.05) is 24.2 Å². The highest BCUT2D eigenvalue weighted by Crippen LogP contribution is 2.32. The molecule has 2 heterocycles. The van der Waals surface area contributed by atoms with E-state index in [4.69, 9.17) is 4.98 Å². The lowest BCUT2D eigenvalue weighted by molar-refractivity contribution is 0.463. The highest BCUT2D eigenvalue weighted by Gasteiger charge is 2.20. The van der Waals surface area contributed by atoms with Crippen LogP contribution in [0.1, 0.15) is 48.2 Å². The SMILES string of the molecule is Cc1cc(C)c(-c2cn3c(n2)C(C)CCC3)c(C)c1. The van der Waals surface area contributed by atoms with Crippen molar-refractivity contribution in [2.45, 2.75) is 53.0 Å². The van der Waals surface area contributed by atoms with Crippen molar-refractivity contribution in [1.29, 1.82) is 0 Å². The summed E-state index contributed by atoms with van der Waals surface area (Å²) in [5.74, 6) is 1.86. The molecule has 19 heavy (non-hydrogen) atoms. The Morgan fingerprint density at radius 1 is 1.16 bits per heavy atom. The standard InChI is InChI=1S/C17H22N2/c1-11-8-13(3)16(14(4)9-11)15-10-19-7-5-6-12(2)17(19)18-15/h8-10,12H,5-7H2,1-4H3. The molecule has 0 spiro atoms. The van der Waals surface area contributed by atoms with Gasteiger partial charge in [0.15, 0.2) is 0 Å². The first kappa shape index (κ1) is 12.5. The first-order valence-corrected chi connectivity index (χ1v) is 7.21. The van der Waals surface area contributed by atoms with Gasteiger partial charge in [0.2, 0.25) is 0 Å². The fourth-order valence-electron chi connectivity index (χ4n) is 3.40. The number of aromatic nitrogens is 2. The third-order valence-corrected chi connectivity index (χ3v) is 4.22. The second-order valence-corrected chi connectivity index (χ2v) is 5.99. The monoisotopic (exact) mass is 254 g/mol. The molecule has 0 N–H and O–H groups in total. The largest absolute Gasteiger partial charge is 0.334 e. The lowest BCUT2D eigenvalue weighted by Gasteiger charge is -2.19. The average Bonchev–Trinajstić information content (AvgIpc) is 2.72. The second-order valence-electron chi connectivity index (χ2n) is 5.99. The summed E-state index contributed by atoms with van der Waals surface area (Å²) < 4.78 is 2.35. The number of imidazole rings is 1. The molecule has 100 valence electrons. The molecule has 2 aromatic rings. The van der Waals surface area contributed by atoms with Crippen LogP contribution in [-0.4, -0.2) is 9.55 Å². The number of fused-ring (bicyclic) bond motifs is 1. The van der Waals surface area contributed by atoms with Crippen molar-refractivity contribution in [3.05, 3.63) is 40.8 Å². The van der Waals surface area contributed by atoms with E-state index in [1.807, 2.05) is 0 Å². The zero-order valence-electron chi connectivity index (χ0n) is 12.3. The van der Waals surface area contributed by atoms with Crippen molar-refractivity contribution in [2.24, 2.45) is 0 Å². The van der Waals surface area contributed by atoms with E-state index >= 15 is 0 Å². The third-order valence-electron chi connectivity index (χ3n) is 4.22. The smallest absolute Gasteiger partial charge is 0.112 e. The zero-order chi connectivity index (χ0) is 13.6. The van der Waals surface area contributed by atoms with Gasteiger partial charge < -0.3 is 4.57 Å². The summed E-state index contributed by atoms with van der Waals surface area (Å²) in [4.78, 5) is 4.92. The highest BCUT2D eigenvalue weighted by molar-refractivity contribution is 5.68. The van der Waals surface area contributed by atoms with Crippen LogP contribution in [0.15, 0.2) is 18.3 Å². The maximum absolute atomic E-state index is 4.92. The van der Waals surface area contributed by atoms with Crippen molar-refractivity contribution in [3.8, 4) is 11.3 Å². The van der Waals surface area contributed by atoms with Gasteiger partial charge >= 0.3 is 0 Å². The zero-order valence-corrected chi connectivity index (χ0v) is 12.3. The fraction of sp³-hybridized carbons (Fsp3) is 0.471. The molecule has 2 heteroatoms. The van der Waals surface area contributed by atoms with Crippen LogP contribution in [0.4, 0.5) is 0 Å². The number of rotatable bonds is 1. The summed E-state index contributed by atoms with van der Waals surface area (Å²) in [6, 6.07) is 4.51. The van der Waals surface area contributed by atoms with E-state index in [0.717, 1.165) is 12.2 Å². The number of aryl methyl sites for hydroxylation is 4. The number of hydrogen-bond acceptors (Lipinski definition) is 1. The quantitative estimate of drug-likeness (QED) is 0.738. The van der Waals surface area contributed by atoms with E-state index in [0.29, 0.717) is 5.92 Å². The Kier molecular flexibility index (Phi) is 2.96. The van der Waals surface area contributed by atoms with Gasteiger partial charge in [-0.25, -0.2) is 4.98 Å². The Morgan fingerprint density at radius 2 is 1.84 bits per heavy atom. The maximum Gasteiger partial charge on any atom is 0.112 e. The van der Waals surface area contributed by atoms with E-state index in [9.17, 15) is 0 Å². The Morgan fingerprint density at radius 3 is 2.47 bits per heavy atom. The molecule has 0 aliphatic carbocycles. The summed E-state index contributed by atoms with van der Waals surface area (Å²) in [7, 11) is 0. The van der Waals surface area contributed by atoms with Gasteiger partial charge in [-0.2, -0.15) is 0 Å². The number of hydrogen-bond donors (Lipinski definition) is 0. The van der Waals surface area contributed by atoms with Gasteiger partial charge in [-0.05, 0) is 44.7 Å². The summed E-state index contributed by atoms with van der Waals surface area (Å²) in [5.41, 5.74) is 6.47. The molecule has 0 saturated carbocycles. The second kappa shape index (κ2) is 4.52. The van der Waals surface area contributed by atoms with Gasteiger partial charge in [0.1, 0.15) is 5.82 Å². The van der Waals surface area contributed by atoms with Crippen LogP contribution >= 0.6 is 0 Å². The fourth-order valence-corrected chi connectivity index (χ4v) is 3.40. The summed E-state index contributed by atoms with van der Waals surface area (Å²) in [6.07, 6.45) is 4.79. The minimum absolute atomic E-state index is 0.591. The topological polar surface area (TPSA) is 17.8 Å². The molecular formula is C17H22N2. The Hall–Kier alpha value is -1.57. The minimum atomic E-state index is 0.591. The molecule has 1 aliphatic heterocycles. The predicted octanol–water partition coefficient (Wildman–Crippen LogP) is 4.37. The minimum Gasteiger partial charge on any atom is -0.334 e. The molecule has 1 aromatic carbocycles. The van der Waals surface area contributed by atoms with Crippen molar-refractivity contribution in [1.82, 2.24) is 9.55 Å². The van der Waals surface area contributed by atoms with E-state index < -0.39 is 0 Å². The van der Waals surface area contributed by atoms with Crippen LogP contribution < -0.4 is 0 Å². The molecule has 1 unspecified atom stereocenters. The summed E-state index contributed by atoms with van der Waals surface area (Å²) in [5, 5.41) is 0. The first-order valence-electron chi connectivity index (χ1n) is 7.21. The molecule has 0 bridgehead atoms. The molecule has 1 aromatic heterocycles. The van der Waals surface area contributed by atoms with Crippen molar-refractivity contribution in [2.75, 3.05) is 0 Å². The van der Waals surface area contributed by atoms with Crippen LogP contribution in [0.25, 0.3) is 11.3 Å². The molecule has 0 fully saturated rings. The molecule has 0 saturated heterocycles. The van der Waals surface area contributed by atoms with Gasteiger partial charge in [-0.1, -0.05) is 24.6 Å². The maximum atomic E-state index is 4.92. The van der Waals surface area contributed by atoms with Gasteiger partial charge in [0.05, 0.1) is 5.69 Å². The van der Waals surface area contributed by atoms with Gasteiger partial charge in [-0.3, -0.25) is 0 Å². The molecule has 3 rings (SSSR count). The van der Waals surface area contributed by atoms with E-state index in [-0.39, 0.29) is 0 Å². The lowest BCUT2D eigenvalue weighted by Crippen LogP contribution is -2.12. The van der Waals surface area contributed by atoms with Crippen LogP contribution in [0, 0.1) is 20.8 Å². The van der Waals surface area contributed by atoms with Gasteiger partial charge in [0.25, 0.3) is 0 Å². The van der Waals surface area contributed by atoms with Gasteiger partial charge in [-0.15, -0.1) is 0 Å². The van der Waals surface area contributed by atoms with Crippen molar-refractivity contribution >= 4 is 0 Å². The highest BCUT2D eigenvalue weighted by atomic mass is 15.1. The number of benzene rings is 1. The number of nitrogens with zero attached hydrogens (tertiary/aromatic N) is 2. The lowest BCUT2D eigenvalue weighted by atomic mass is 9.98. The van der Waals surface area contributed by atoms with Crippen molar-refractivity contribution in [3.63, 3.8) is 0 Å². The van der Waals surface area contributed by atoms with Crippen LogP contribution in [0.3, 0.4) is 0 Å². The average molecular weight is 254 g/mol. The van der Waals surface area contributed by atoms with E-state index in [1.54, 1.807) is 0 Å². The Balaban J connectivity index is 2.13. The van der Waals surface area contributed by atoms with E-state index in [1.165, 1.54) is 40.9 Å². The molecule has 0 amide bonds. The molecule has 0 radical (unpaired) electrons. The summed E-state index contributed by atoms with van der Waals surface area (Å²) in [6.45, 7) is 9.95. The molecular weight excluding hydrogens is 232 g/mol. The normalized spacial score (nSPS) is 18.4. The Bertz CT molecular complexity index is 599. The molecule has 1 aliphatic rings. The van der Waals surface area contributed by atoms with Crippen LogP contribution in [-0.2, 0) is 6.54 Å². The van der Waals surface area contributed by atoms with Crippen molar-refractivity contribution < 1.29 is 0 Å². The summed E-state index contributed by atoms with van der Waals surface area (Å²) >= 11 is 0. The molecule has 2 nitrogen and oxygen atoms in total. The molecule has 1 atom stereocenters. The first-order chi connectivity index (χ1) is 9.06. The van der Waals surface area contributed by atoms with Crippen LogP contribution in [0.5, 0.6) is 0 Å². The van der Waals surface area contributed by atoms with E-state index in [2.05, 4.69) is 50.6 Å². The third kappa shape index (κ3) is 2.09. The van der Waals surface area contributed by atoms with Crippen LogP contribution in [0.2, 0.25) is 0 Å².